The van der Waals surface area contributed by atoms with Crippen molar-refractivity contribution in [2.45, 2.75) is 20.3 Å². The van der Waals surface area contributed by atoms with Gasteiger partial charge in [0.2, 0.25) is 0 Å². The van der Waals surface area contributed by atoms with E-state index in [1.165, 1.54) is 0 Å². The van der Waals surface area contributed by atoms with Crippen LogP contribution in [0.4, 0.5) is 10.6 Å². The first-order valence-electron chi connectivity index (χ1n) is 6.38. The van der Waals surface area contributed by atoms with Gasteiger partial charge in [0, 0.05) is 19.2 Å². The van der Waals surface area contributed by atoms with E-state index in [1.807, 2.05) is 0 Å². The van der Waals surface area contributed by atoms with Crippen LogP contribution in [0.1, 0.15) is 19.1 Å². The van der Waals surface area contributed by atoms with Crippen molar-refractivity contribution in [1.82, 2.24) is 15.4 Å². The van der Waals surface area contributed by atoms with Crippen LogP contribution in [-0.4, -0.2) is 42.3 Å². The van der Waals surface area contributed by atoms with Crippen LogP contribution in [0, 0.1) is 12.8 Å². The maximum Gasteiger partial charge on any atom is 0.320 e. The summed E-state index contributed by atoms with van der Waals surface area (Å²) in [4.78, 5) is 14.0. The van der Waals surface area contributed by atoms with Crippen LogP contribution < -0.4 is 10.6 Å². The van der Waals surface area contributed by atoms with Crippen LogP contribution in [0.3, 0.4) is 0 Å². The third kappa shape index (κ3) is 3.46. The Morgan fingerprint density at radius 2 is 2.50 bits per heavy atom. The molecule has 18 heavy (non-hydrogen) atoms. The van der Waals surface area contributed by atoms with Crippen molar-refractivity contribution in [3.8, 4) is 0 Å². The number of likely N-dealkylation sites (tertiary alicyclic amines) is 1. The van der Waals surface area contributed by atoms with Gasteiger partial charge in [-0.05, 0) is 32.4 Å². The number of anilines is 1. The minimum atomic E-state index is -0.224. The smallest absolute Gasteiger partial charge is 0.320 e. The molecule has 2 N–H and O–H groups in total. The second kappa shape index (κ2) is 5.86. The zero-order valence-corrected chi connectivity index (χ0v) is 10.9. The average Bonchev–Trinajstić information content (AvgIpc) is 2.95. The van der Waals surface area contributed by atoms with Gasteiger partial charge in [0.05, 0.1) is 0 Å². The normalized spacial score (nSPS) is 20.0. The van der Waals surface area contributed by atoms with E-state index in [0.29, 0.717) is 24.0 Å². The number of aryl methyl sites for hydroxylation is 1. The maximum absolute atomic E-state index is 11.6. The SMILES string of the molecule is CCN1CCC(CNC(=O)Nc2cc(C)on2)C1. The van der Waals surface area contributed by atoms with Crippen molar-refractivity contribution in [2.75, 3.05) is 31.5 Å². The highest BCUT2D eigenvalue weighted by Gasteiger charge is 2.21. The topological polar surface area (TPSA) is 70.4 Å². The second-order valence-electron chi connectivity index (χ2n) is 4.71. The summed E-state index contributed by atoms with van der Waals surface area (Å²) in [5, 5.41) is 9.22. The molecule has 1 saturated heterocycles. The first-order chi connectivity index (χ1) is 8.67. The van der Waals surface area contributed by atoms with Crippen molar-refractivity contribution in [3.63, 3.8) is 0 Å². The highest BCUT2D eigenvalue weighted by molar-refractivity contribution is 5.88. The number of carbonyl (C=O) groups is 1. The summed E-state index contributed by atoms with van der Waals surface area (Å²) in [6.07, 6.45) is 1.15. The largest absolute Gasteiger partial charge is 0.360 e. The van der Waals surface area contributed by atoms with Crippen LogP contribution in [0.15, 0.2) is 10.6 Å². The summed E-state index contributed by atoms with van der Waals surface area (Å²) in [5.74, 6) is 1.68. The van der Waals surface area contributed by atoms with Gasteiger partial charge in [-0.15, -0.1) is 0 Å². The molecule has 1 atom stereocenters. The quantitative estimate of drug-likeness (QED) is 0.850. The molecule has 0 aliphatic carbocycles. The lowest BCUT2D eigenvalue weighted by Crippen LogP contribution is -2.34. The molecule has 1 aliphatic heterocycles. The molecule has 0 bridgehead atoms. The molecule has 0 saturated carbocycles. The van der Waals surface area contributed by atoms with E-state index in [1.54, 1.807) is 13.0 Å². The zero-order chi connectivity index (χ0) is 13.0. The first-order valence-corrected chi connectivity index (χ1v) is 6.38. The molecule has 6 heteroatoms. The summed E-state index contributed by atoms with van der Waals surface area (Å²) in [5.41, 5.74) is 0. The monoisotopic (exact) mass is 252 g/mol. The highest BCUT2D eigenvalue weighted by atomic mass is 16.5. The van der Waals surface area contributed by atoms with Gasteiger partial charge in [0.25, 0.3) is 0 Å². The molecule has 0 spiro atoms. The molecular weight excluding hydrogens is 232 g/mol. The molecule has 100 valence electrons. The number of urea groups is 1. The Labute approximate surface area is 107 Å². The van der Waals surface area contributed by atoms with Gasteiger partial charge < -0.3 is 14.7 Å². The standard InChI is InChI=1S/C12H20N4O2/c1-3-16-5-4-10(8-16)7-13-12(17)14-11-6-9(2)18-15-11/h6,10H,3-5,7-8H2,1-2H3,(H2,13,14,15,17). The summed E-state index contributed by atoms with van der Waals surface area (Å²) < 4.78 is 4.87. The number of hydrogen-bond acceptors (Lipinski definition) is 4. The fourth-order valence-electron chi connectivity index (χ4n) is 2.19. The van der Waals surface area contributed by atoms with Gasteiger partial charge in [-0.2, -0.15) is 0 Å². The second-order valence-corrected chi connectivity index (χ2v) is 4.71. The van der Waals surface area contributed by atoms with E-state index in [9.17, 15) is 4.79 Å². The van der Waals surface area contributed by atoms with Gasteiger partial charge >= 0.3 is 6.03 Å². The lowest BCUT2D eigenvalue weighted by atomic mass is 10.1. The number of hydrogen-bond donors (Lipinski definition) is 2. The van der Waals surface area contributed by atoms with Gasteiger partial charge in [-0.1, -0.05) is 12.1 Å². The Hall–Kier alpha value is -1.56. The molecule has 1 aromatic heterocycles. The molecule has 0 aromatic carbocycles. The third-order valence-corrected chi connectivity index (χ3v) is 3.24. The average molecular weight is 252 g/mol. The van der Waals surface area contributed by atoms with Crippen molar-refractivity contribution in [2.24, 2.45) is 5.92 Å². The third-order valence-electron chi connectivity index (χ3n) is 3.24. The van der Waals surface area contributed by atoms with E-state index in [2.05, 4.69) is 27.6 Å². The van der Waals surface area contributed by atoms with Gasteiger partial charge in [0.15, 0.2) is 5.82 Å². The summed E-state index contributed by atoms with van der Waals surface area (Å²) >= 11 is 0. The predicted octanol–water partition coefficient (Wildman–Crippen LogP) is 1.45. The van der Waals surface area contributed by atoms with E-state index in [-0.39, 0.29) is 6.03 Å². The Morgan fingerprint density at radius 1 is 1.67 bits per heavy atom. The zero-order valence-electron chi connectivity index (χ0n) is 10.9. The Balaban J connectivity index is 1.69. The molecule has 2 heterocycles. The van der Waals surface area contributed by atoms with E-state index >= 15 is 0 Å². The number of aromatic nitrogens is 1. The van der Waals surface area contributed by atoms with Crippen molar-refractivity contribution in [3.05, 3.63) is 11.8 Å². The van der Waals surface area contributed by atoms with E-state index in [4.69, 9.17) is 4.52 Å². The fourth-order valence-corrected chi connectivity index (χ4v) is 2.19. The van der Waals surface area contributed by atoms with Crippen LogP contribution in [0.2, 0.25) is 0 Å². The number of nitrogens with one attached hydrogen (secondary N) is 2. The van der Waals surface area contributed by atoms with Crippen LogP contribution >= 0.6 is 0 Å². The number of amides is 2. The van der Waals surface area contributed by atoms with Crippen molar-refractivity contribution < 1.29 is 9.32 Å². The summed E-state index contributed by atoms with van der Waals surface area (Å²) in [6.45, 7) is 7.94. The summed E-state index contributed by atoms with van der Waals surface area (Å²) in [6, 6.07) is 1.46. The maximum atomic E-state index is 11.6. The molecule has 1 unspecified atom stereocenters. The van der Waals surface area contributed by atoms with Crippen LogP contribution in [0.25, 0.3) is 0 Å². The minimum Gasteiger partial charge on any atom is -0.360 e. The molecule has 6 nitrogen and oxygen atoms in total. The summed E-state index contributed by atoms with van der Waals surface area (Å²) in [7, 11) is 0. The molecule has 1 aliphatic rings. The van der Waals surface area contributed by atoms with E-state index in [0.717, 1.165) is 26.1 Å². The molecule has 2 amide bonds. The van der Waals surface area contributed by atoms with Crippen molar-refractivity contribution >= 4 is 11.8 Å². The lowest BCUT2D eigenvalue weighted by Gasteiger charge is -2.13. The number of nitrogens with zero attached hydrogens (tertiary/aromatic N) is 2. The molecule has 2 rings (SSSR count). The molecule has 0 radical (unpaired) electrons. The van der Waals surface area contributed by atoms with Gasteiger partial charge in [-0.25, -0.2) is 4.79 Å². The van der Waals surface area contributed by atoms with Gasteiger partial charge in [0.1, 0.15) is 5.76 Å². The highest BCUT2D eigenvalue weighted by Crippen LogP contribution is 2.14. The van der Waals surface area contributed by atoms with Gasteiger partial charge in [-0.3, -0.25) is 5.32 Å². The minimum absolute atomic E-state index is 0.224. The Kier molecular flexibility index (Phi) is 4.19. The number of carbonyl (C=O) groups excluding carboxylic acids is 1. The molecular formula is C12H20N4O2. The first kappa shape index (κ1) is 12.9. The van der Waals surface area contributed by atoms with Crippen molar-refractivity contribution in [1.29, 1.82) is 0 Å². The molecule has 1 fully saturated rings. The number of rotatable bonds is 4. The van der Waals surface area contributed by atoms with Crippen LogP contribution in [-0.2, 0) is 0 Å². The predicted molar refractivity (Wildman–Crippen MR) is 68.5 cm³/mol. The van der Waals surface area contributed by atoms with E-state index < -0.39 is 0 Å². The lowest BCUT2D eigenvalue weighted by molar-refractivity contribution is 0.249. The van der Waals surface area contributed by atoms with Crippen LogP contribution in [0.5, 0.6) is 0 Å². The fraction of sp³-hybridized carbons (Fsp3) is 0.667. The Bertz CT molecular complexity index is 405. The Morgan fingerprint density at radius 3 is 3.11 bits per heavy atom. The molecule has 1 aromatic rings.